The number of aromatic nitrogens is 2. The van der Waals surface area contributed by atoms with E-state index in [1.54, 1.807) is 42.9 Å². The first-order valence-electron chi connectivity index (χ1n) is 11.0. The van der Waals surface area contributed by atoms with Crippen LogP contribution in [0.3, 0.4) is 0 Å². The average molecular weight is 466 g/mol. The largest absolute Gasteiger partial charge is 0.353 e. The van der Waals surface area contributed by atoms with Crippen molar-refractivity contribution in [2.45, 2.75) is 24.2 Å². The average Bonchev–Trinajstić information content (AvgIpc) is 2.86. The third-order valence-corrected chi connectivity index (χ3v) is 7.71. The predicted octanol–water partition coefficient (Wildman–Crippen LogP) is 3.12. The van der Waals surface area contributed by atoms with Crippen molar-refractivity contribution in [3.8, 4) is 0 Å². The Hall–Kier alpha value is -3.30. The lowest BCUT2D eigenvalue weighted by molar-refractivity contribution is -0.117. The number of nitrogens with one attached hydrogen (secondary N) is 1. The number of carbonyl (C=O) groups is 1. The van der Waals surface area contributed by atoms with Crippen LogP contribution in [0.25, 0.3) is 0 Å². The van der Waals surface area contributed by atoms with E-state index in [1.165, 1.54) is 4.31 Å². The van der Waals surface area contributed by atoms with Crippen molar-refractivity contribution < 1.29 is 13.2 Å². The molecule has 1 fully saturated rings. The summed E-state index contributed by atoms with van der Waals surface area (Å²) >= 11 is 0. The molecule has 3 aromatic rings. The molecule has 1 atom stereocenters. The van der Waals surface area contributed by atoms with Gasteiger partial charge in [0.25, 0.3) is 0 Å². The highest BCUT2D eigenvalue weighted by Gasteiger charge is 2.29. The summed E-state index contributed by atoms with van der Waals surface area (Å²) < 4.78 is 27.7. The molecule has 9 heteroatoms. The van der Waals surface area contributed by atoms with Gasteiger partial charge in [-0.1, -0.05) is 37.3 Å². The maximum atomic E-state index is 13.1. The van der Waals surface area contributed by atoms with Gasteiger partial charge in [-0.05, 0) is 36.2 Å². The zero-order valence-corrected chi connectivity index (χ0v) is 19.3. The number of anilines is 2. The Labute approximate surface area is 194 Å². The summed E-state index contributed by atoms with van der Waals surface area (Å²) in [6.07, 6.45) is 5.59. The van der Waals surface area contributed by atoms with Gasteiger partial charge in [-0.3, -0.25) is 9.78 Å². The lowest BCUT2D eigenvalue weighted by Gasteiger charge is -2.34. The second kappa shape index (κ2) is 10.1. The Bertz CT molecular complexity index is 1160. The van der Waals surface area contributed by atoms with Gasteiger partial charge in [0.2, 0.25) is 15.9 Å². The number of hydrogen-bond donors (Lipinski definition) is 1. The maximum absolute atomic E-state index is 13.1. The topological polar surface area (TPSA) is 95.5 Å². The fourth-order valence-corrected chi connectivity index (χ4v) is 5.38. The van der Waals surface area contributed by atoms with Crippen LogP contribution < -0.4 is 10.2 Å². The van der Waals surface area contributed by atoms with Crippen LogP contribution in [0.2, 0.25) is 0 Å². The quantitative estimate of drug-likeness (QED) is 0.576. The lowest BCUT2D eigenvalue weighted by atomic mass is 9.95. The number of carbonyl (C=O) groups excluding carboxylic acids is 1. The molecule has 33 heavy (non-hydrogen) atoms. The second-order valence-electron chi connectivity index (χ2n) is 7.84. The summed E-state index contributed by atoms with van der Waals surface area (Å²) in [6, 6.07) is 16.0. The zero-order chi connectivity index (χ0) is 23.3. The molecule has 0 spiro atoms. The minimum Gasteiger partial charge on any atom is -0.353 e. The third-order valence-electron chi connectivity index (χ3n) is 5.80. The highest BCUT2D eigenvalue weighted by molar-refractivity contribution is 7.89. The molecule has 0 aliphatic carbocycles. The van der Waals surface area contributed by atoms with Gasteiger partial charge >= 0.3 is 0 Å². The molecule has 8 nitrogen and oxygen atoms in total. The lowest BCUT2D eigenvalue weighted by Crippen LogP contribution is -2.48. The predicted molar refractivity (Wildman–Crippen MR) is 128 cm³/mol. The number of rotatable bonds is 7. The van der Waals surface area contributed by atoms with Gasteiger partial charge in [0.05, 0.1) is 17.0 Å². The summed E-state index contributed by atoms with van der Waals surface area (Å²) in [5, 5.41) is 2.91. The van der Waals surface area contributed by atoms with Crippen molar-refractivity contribution in [3.63, 3.8) is 0 Å². The number of benzene rings is 2. The molecule has 0 bridgehead atoms. The first kappa shape index (κ1) is 22.9. The van der Waals surface area contributed by atoms with E-state index in [2.05, 4.69) is 15.3 Å². The Morgan fingerprint density at radius 3 is 2.30 bits per heavy atom. The second-order valence-corrected chi connectivity index (χ2v) is 9.78. The fourth-order valence-electron chi connectivity index (χ4n) is 3.96. The highest BCUT2D eigenvalue weighted by Crippen LogP contribution is 2.24. The van der Waals surface area contributed by atoms with E-state index in [4.69, 9.17) is 0 Å². The van der Waals surface area contributed by atoms with Crippen LogP contribution >= 0.6 is 0 Å². The van der Waals surface area contributed by atoms with Crippen LogP contribution in [0.5, 0.6) is 0 Å². The molecular weight excluding hydrogens is 438 g/mol. The molecule has 4 rings (SSSR count). The van der Waals surface area contributed by atoms with Gasteiger partial charge in [0.15, 0.2) is 0 Å². The fraction of sp³-hybridized carbons (Fsp3) is 0.292. The van der Waals surface area contributed by atoms with Crippen molar-refractivity contribution in [1.82, 2.24) is 14.3 Å². The standard InChI is InChI=1S/C24H27N5O3S/c1-2-22(19-6-4-3-5-7-19)24(30)27-20-8-10-21(11-9-20)33(31,32)29-16-14-28(15-17-29)23-18-25-12-13-26-23/h3-13,18,22H,2,14-17H2,1H3,(H,27,30)/t22-/m0/s1. The van der Waals surface area contributed by atoms with E-state index in [1.807, 2.05) is 42.2 Å². The molecule has 0 radical (unpaired) electrons. The van der Waals surface area contributed by atoms with E-state index in [9.17, 15) is 13.2 Å². The molecule has 1 N–H and O–H groups in total. The summed E-state index contributed by atoms with van der Waals surface area (Å²) in [4.78, 5) is 23.4. The van der Waals surface area contributed by atoms with Crippen LogP contribution in [-0.2, 0) is 14.8 Å². The number of piperazine rings is 1. The smallest absolute Gasteiger partial charge is 0.243 e. The van der Waals surface area contributed by atoms with Crippen LogP contribution in [0.1, 0.15) is 24.8 Å². The summed E-state index contributed by atoms with van der Waals surface area (Å²) in [5.41, 5.74) is 1.53. The molecule has 2 aromatic carbocycles. The molecule has 1 aliphatic heterocycles. The van der Waals surface area contributed by atoms with Gasteiger partial charge < -0.3 is 10.2 Å². The van der Waals surface area contributed by atoms with Gasteiger partial charge in [-0.25, -0.2) is 13.4 Å². The van der Waals surface area contributed by atoms with Crippen molar-refractivity contribution in [2.24, 2.45) is 0 Å². The van der Waals surface area contributed by atoms with E-state index in [0.29, 0.717) is 38.3 Å². The third kappa shape index (κ3) is 5.20. The van der Waals surface area contributed by atoms with Gasteiger partial charge in [-0.2, -0.15) is 4.31 Å². The first-order valence-corrected chi connectivity index (χ1v) is 12.4. The number of sulfonamides is 1. The molecule has 0 unspecified atom stereocenters. The van der Waals surface area contributed by atoms with Crippen LogP contribution in [0.4, 0.5) is 11.5 Å². The minimum atomic E-state index is -3.62. The van der Waals surface area contributed by atoms with Crippen LogP contribution in [0, 0.1) is 0 Å². The van der Waals surface area contributed by atoms with Crippen molar-refractivity contribution in [3.05, 3.63) is 78.8 Å². The first-order chi connectivity index (χ1) is 16.0. The molecule has 1 aliphatic rings. The van der Waals surface area contributed by atoms with E-state index in [-0.39, 0.29) is 16.7 Å². The molecule has 1 saturated heterocycles. The summed E-state index contributed by atoms with van der Waals surface area (Å²) in [6.45, 7) is 3.80. The van der Waals surface area contributed by atoms with E-state index < -0.39 is 10.0 Å². The normalized spacial score (nSPS) is 15.7. The SMILES string of the molecule is CC[C@H](C(=O)Nc1ccc(S(=O)(=O)N2CCN(c3cnccn3)CC2)cc1)c1ccccc1. The Balaban J connectivity index is 1.39. The van der Waals surface area contributed by atoms with Gasteiger partial charge in [-0.15, -0.1) is 0 Å². The molecular formula is C24H27N5O3S. The van der Waals surface area contributed by atoms with E-state index in [0.717, 1.165) is 11.4 Å². The molecule has 2 heterocycles. The number of nitrogens with zero attached hydrogens (tertiary/aromatic N) is 4. The molecule has 172 valence electrons. The Morgan fingerprint density at radius 2 is 1.70 bits per heavy atom. The Morgan fingerprint density at radius 1 is 1.00 bits per heavy atom. The molecule has 1 aromatic heterocycles. The van der Waals surface area contributed by atoms with Crippen molar-refractivity contribution >= 4 is 27.4 Å². The maximum Gasteiger partial charge on any atom is 0.243 e. The highest BCUT2D eigenvalue weighted by atomic mass is 32.2. The van der Waals surface area contributed by atoms with Gasteiger partial charge in [0.1, 0.15) is 5.82 Å². The number of hydrogen-bond acceptors (Lipinski definition) is 6. The van der Waals surface area contributed by atoms with Crippen molar-refractivity contribution in [1.29, 1.82) is 0 Å². The van der Waals surface area contributed by atoms with Crippen LogP contribution in [-0.4, -0.2) is 54.8 Å². The minimum absolute atomic E-state index is 0.112. The number of amides is 1. The summed E-state index contributed by atoms with van der Waals surface area (Å²) in [5.74, 6) is 0.371. The van der Waals surface area contributed by atoms with Crippen molar-refractivity contribution in [2.75, 3.05) is 36.4 Å². The van der Waals surface area contributed by atoms with Crippen LogP contribution in [0.15, 0.2) is 78.1 Å². The van der Waals surface area contributed by atoms with E-state index >= 15 is 0 Å². The summed E-state index contributed by atoms with van der Waals surface area (Å²) in [7, 11) is -3.62. The molecule has 1 amide bonds. The monoisotopic (exact) mass is 465 g/mol. The molecule has 0 saturated carbocycles. The van der Waals surface area contributed by atoms with Gasteiger partial charge in [0, 0.05) is 44.3 Å². The Kier molecular flexibility index (Phi) is 7.00. The zero-order valence-electron chi connectivity index (χ0n) is 18.5.